The van der Waals surface area contributed by atoms with Crippen molar-refractivity contribution < 1.29 is 0 Å². The number of nitrogens with zero attached hydrogens (tertiary/aromatic N) is 1. The summed E-state index contributed by atoms with van der Waals surface area (Å²) in [4.78, 5) is 4.11. The van der Waals surface area contributed by atoms with Gasteiger partial charge in [-0.15, -0.1) is 0 Å². The maximum absolute atomic E-state index is 6.03. The van der Waals surface area contributed by atoms with Gasteiger partial charge in [-0.05, 0) is 18.2 Å². The molecule has 0 bridgehead atoms. The third kappa shape index (κ3) is 1.72. The standard InChI is InChI=1S/C9H3BrCl3N/c10-4-1-2-6-5(3-4)7(11)8(12)9(13)14-6/h1-3H. The van der Waals surface area contributed by atoms with Crippen LogP contribution in [0.4, 0.5) is 0 Å². The summed E-state index contributed by atoms with van der Waals surface area (Å²) in [7, 11) is 0. The van der Waals surface area contributed by atoms with Gasteiger partial charge in [0, 0.05) is 9.86 Å². The number of benzene rings is 1. The largest absolute Gasteiger partial charge is 0.234 e. The number of fused-ring (bicyclic) bond motifs is 1. The molecule has 1 heterocycles. The van der Waals surface area contributed by atoms with Gasteiger partial charge in [-0.3, -0.25) is 0 Å². The fourth-order valence-electron chi connectivity index (χ4n) is 1.15. The van der Waals surface area contributed by atoms with Crippen molar-refractivity contribution in [2.75, 3.05) is 0 Å². The van der Waals surface area contributed by atoms with Crippen molar-refractivity contribution in [2.45, 2.75) is 0 Å². The Kier molecular flexibility index (Phi) is 2.89. The van der Waals surface area contributed by atoms with Crippen LogP contribution < -0.4 is 0 Å². The number of hydrogen-bond donors (Lipinski definition) is 0. The number of aromatic nitrogens is 1. The second-order valence-electron chi connectivity index (χ2n) is 2.69. The topological polar surface area (TPSA) is 12.9 Å². The second kappa shape index (κ2) is 3.86. The molecule has 0 fully saturated rings. The van der Waals surface area contributed by atoms with Crippen LogP contribution in [0.5, 0.6) is 0 Å². The molecule has 0 aliphatic heterocycles. The van der Waals surface area contributed by atoms with Crippen molar-refractivity contribution in [1.29, 1.82) is 0 Å². The zero-order valence-electron chi connectivity index (χ0n) is 6.69. The third-order valence-corrected chi connectivity index (χ3v) is 3.51. The van der Waals surface area contributed by atoms with Crippen LogP contribution in [0, 0.1) is 0 Å². The third-order valence-electron chi connectivity index (χ3n) is 1.79. The molecule has 1 aromatic carbocycles. The lowest BCUT2D eigenvalue weighted by Crippen LogP contribution is -1.83. The van der Waals surface area contributed by atoms with Crippen LogP contribution in [0.1, 0.15) is 0 Å². The van der Waals surface area contributed by atoms with Crippen molar-refractivity contribution >= 4 is 61.6 Å². The summed E-state index contributed by atoms with van der Waals surface area (Å²) in [6, 6.07) is 5.55. The summed E-state index contributed by atoms with van der Waals surface area (Å²) < 4.78 is 0.923. The normalized spacial score (nSPS) is 10.9. The van der Waals surface area contributed by atoms with Gasteiger partial charge < -0.3 is 0 Å². The fraction of sp³-hybridized carbons (Fsp3) is 0. The molecule has 1 aromatic heterocycles. The highest BCUT2D eigenvalue weighted by molar-refractivity contribution is 9.10. The van der Waals surface area contributed by atoms with E-state index in [9.17, 15) is 0 Å². The summed E-state index contributed by atoms with van der Waals surface area (Å²) in [5.74, 6) is 0. The molecule has 0 radical (unpaired) electrons. The lowest BCUT2D eigenvalue weighted by molar-refractivity contribution is 1.41. The minimum absolute atomic E-state index is 0.228. The van der Waals surface area contributed by atoms with Crippen molar-refractivity contribution in [1.82, 2.24) is 4.98 Å². The zero-order valence-corrected chi connectivity index (χ0v) is 10.5. The van der Waals surface area contributed by atoms with E-state index in [-0.39, 0.29) is 5.15 Å². The lowest BCUT2D eigenvalue weighted by Gasteiger charge is -2.04. The van der Waals surface area contributed by atoms with E-state index >= 15 is 0 Å². The molecule has 0 atom stereocenters. The maximum atomic E-state index is 6.03. The molecular weight excluding hydrogens is 308 g/mol. The molecule has 0 spiro atoms. The van der Waals surface area contributed by atoms with Crippen LogP contribution in [0.15, 0.2) is 22.7 Å². The summed E-state index contributed by atoms with van der Waals surface area (Å²) >= 11 is 21.0. The van der Waals surface area contributed by atoms with Crippen LogP contribution in [-0.4, -0.2) is 4.98 Å². The Bertz CT molecular complexity index is 513. The van der Waals surface area contributed by atoms with Crippen molar-refractivity contribution in [3.05, 3.63) is 37.9 Å². The van der Waals surface area contributed by atoms with Crippen molar-refractivity contribution in [3.63, 3.8) is 0 Å². The van der Waals surface area contributed by atoms with Gasteiger partial charge in [0.05, 0.1) is 15.6 Å². The van der Waals surface area contributed by atoms with Crippen LogP contribution in [-0.2, 0) is 0 Å². The van der Waals surface area contributed by atoms with Gasteiger partial charge in [-0.1, -0.05) is 50.7 Å². The van der Waals surface area contributed by atoms with Crippen LogP contribution >= 0.6 is 50.7 Å². The quantitative estimate of drug-likeness (QED) is 0.627. The first-order valence-corrected chi connectivity index (χ1v) is 5.62. The average Bonchev–Trinajstić information content (AvgIpc) is 2.16. The molecule has 5 heteroatoms. The molecule has 72 valence electrons. The molecule has 0 unspecified atom stereocenters. The van der Waals surface area contributed by atoms with E-state index in [4.69, 9.17) is 34.8 Å². The fourth-order valence-corrected chi connectivity index (χ4v) is 2.13. The molecule has 2 rings (SSSR count). The summed E-state index contributed by atoms with van der Waals surface area (Å²) in [5, 5.41) is 1.74. The van der Waals surface area contributed by atoms with Crippen LogP contribution in [0.2, 0.25) is 15.2 Å². The highest BCUT2D eigenvalue weighted by Crippen LogP contribution is 2.35. The Hall–Kier alpha value is -0.0200. The highest BCUT2D eigenvalue weighted by atomic mass is 79.9. The average molecular weight is 311 g/mol. The van der Waals surface area contributed by atoms with Gasteiger partial charge >= 0.3 is 0 Å². The first-order chi connectivity index (χ1) is 6.59. The van der Waals surface area contributed by atoms with Gasteiger partial charge in [0.15, 0.2) is 0 Å². The smallest absolute Gasteiger partial charge is 0.149 e. The molecule has 0 aliphatic carbocycles. The van der Waals surface area contributed by atoms with Gasteiger partial charge in [0.25, 0.3) is 0 Å². The molecule has 2 aromatic rings. The predicted octanol–water partition coefficient (Wildman–Crippen LogP) is 4.96. The lowest BCUT2D eigenvalue weighted by atomic mass is 10.2. The van der Waals surface area contributed by atoms with Crippen molar-refractivity contribution in [2.24, 2.45) is 0 Å². The highest BCUT2D eigenvalue weighted by Gasteiger charge is 2.10. The second-order valence-corrected chi connectivity index (χ2v) is 4.72. The number of pyridine rings is 1. The Morgan fingerprint density at radius 2 is 1.79 bits per heavy atom. The van der Waals surface area contributed by atoms with E-state index < -0.39 is 0 Å². The molecular formula is C9H3BrCl3N. The Morgan fingerprint density at radius 3 is 2.50 bits per heavy atom. The Morgan fingerprint density at radius 1 is 1.07 bits per heavy atom. The molecule has 0 saturated heterocycles. The monoisotopic (exact) mass is 309 g/mol. The predicted molar refractivity (Wildman–Crippen MR) is 64.5 cm³/mol. The Balaban J connectivity index is 2.92. The number of rotatable bonds is 0. The first kappa shape index (κ1) is 10.5. The molecule has 0 aliphatic rings. The van der Waals surface area contributed by atoms with Gasteiger partial charge in [0.2, 0.25) is 0 Å². The molecule has 14 heavy (non-hydrogen) atoms. The van der Waals surface area contributed by atoms with E-state index in [0.717, 1.165) is 15.4 Å². The van der Waals surface area contributed by atoms with E-state index in [1.807, 2.05) is 18.2 Å². The van der Waals surface area contributed by atoms with E-state index in [2.05, 4.69) is 20.9 Å². The summed E-state index contributed by atoms with van der Waals surface area (Å²) in [6.07, 6.45) is 0. The van der Waals surface area contributed by atoms with Crippen LogP contribution in [0.3, 0.4) is 0 Å². The van der Waals surface area contributed by atoms with Gasteiger partial charge in [0.1, 0.15) is 5.15 Å². The van der Waals surface area contributed by atoms with Gasteiger partial charge in [-0.2, -0.15) is 0 Å². The molecule has 0 N–H and O–H groups in total. The minimum Gasteiger partial charge on any atom is -0.234 e. The Labute approximate surface area is 104 Å². The SMILES string of the molecule is Clc1nc2ccc(Br)cc2c(Cl)c1Cl. The number of halogens is 4. The first-order valence-electron chi connectivity index (χ1n) is 3.69. The molecule has 0 saturated carbocycles. The van der Waals surface area contributed by atoms with E-state index in [0.29, 0.717) is 10.0 Å². The van der Waals surface area contributed by atoms with Gasteiger partial charge in [-0.25, -0.2) is 4.98 Å². The summed E-state index contributed by atoms with van der Waals surface area (Å²) in [5.41, 5.74) is 0.729. The maximum Gasteiger partial charge on any atom is 0.149 e. The minimum atomic E-state index is 0.228. The summed E-state index contributed by atoms with van der Waals surface area (Å²) in [6.45, 7) is 0. The van der Waals surface area contributed by atoms with Crippen molar-refractivity contribution in [3.8, 4) is 0 Å². The van der Waals surface area contributed by atoms with E-state index in [1.54, 1.807) is 0 Å². The zero-order chi connectivity index (χ0) is 10.3. The number of hydrogen-bond acceptors (Lipinski definition) is 1. The van der Waals surface area contributed by atoms with Crippen LogP contribution in [0.25, 0.3) is 10.9 Å². The van der Waals surface area contributed by atoms with E-state index in [1.165, 1.54) is 0 Å². The molecule has 0 amide bonds. The molecule has 1 nitrogen and oxygen atoms in total.